The molecule has 4 N–H and O–H groups in total. The standard InChI is InChI=1S/C10H12FN5O2S/c11-8-5-7(1-2-9(8)12)19(17,18)15-4-3-10-13-6-14-16-10/h1-2,5-6,15H,3-4,12H2,(H,13,14,16). The number of H-pyrrole nitrogens is 1. The molecule has 0 spiro atoms. The van der Waals surface area contributed by atoms with Crippen LogP contribution >= 0.6 is 0 Å². The summed E-state index contributed by atoms with van der Waals surface area (Å²) < 4.78 is 39.3. The van der Waals surface area contributed by atoms with E-state index in [1.807, 2.05) is 0 Å². The minimum atomic E-state index is -3.76. The van der Waals surface area contributed by atoms with E-state index in [1.165, 1.54) is 18.5 Å². The highest BCUT2D eigenvalue weighted by Crippen LogP contribution is 2.15. The minimum Gasteiger partial charge on any atom is -0.396 e. The van der Waals surface area contributed by atoms with Crippen LogP contribution in [-0.2, 0) is 16.4 Å². The molecule has 9 heteroatoms. The molecule has 0 unspecified atom stereocenters. The van der Waals surface area contributed by atoms with Crippen LogP contribution in [0.3, 0.4) is 0 Å². The average Bonchev–Trinajstić information content (AvgIpc) is 2.85. The quantitative estimate of drug-likeness (QED) is 0.671. The summed E-state index contributed by atoms with van der Waals surface area (Å²) in [5, 5.41) is 6.25. The summed E-state index contributed by atoms with van der Waals surface area (Å²) in [6.45, 7) is 0.128. The molecule has 102 valence electrons. The molecule has 0 saturated carbocycles. The van der Waals surface area contributed by atoms with Gasteiger partial charge in [0, 0.05) is 13.0 Å². The molecule has 0 aliphatic rings. The van der Waals surface area contributed by atoms with E-state index in [9.17, 15) is 12.8 Å². The largest absolute Gasteiger partial charge is 0.396 e. The highest BCUT2D eigenvalue weighted by molar-refractivity contribution is 7.89. The van der Waals surface area contributed by atoms with Gasteiger partial charge in [-0.25, -0.2) is 22.5 Å². The van der Waals surface area contributed by atoms with Crippen molar-refractivity contribution < 1.29 is 12.8 Å². The number of nitrogens with one attached hydrogen (secondary N) is 2. The van der Waals surface area contributed by atoms with Crippen molar-refractivity contribution in [2.45, 2.75) is 11.3 Å². The van der Waals surface area contributed by atoms with Gasteiger partial charge in [-0.05, 0) is 18.2 Å². The van der Waals surface area contributed by atoms with E-state index >= 15 is 0 Å². The van der Waals surface area contributed by atoms with Crippen LogP contribution in [0.5, 0.6) is 0 Å². The van der Waals surface area contributed by atoms with Crippen LogP contribution < -0.4 is 10.5 Å². The summed E-state index contributed by atoms with van der Waals surface area (Å²) in [7, 11) is -3.76. The van der Waals surface area contributed by atoms with Crippen molar-refractivity contribution >= 4 is 15.7 Å². The fraction of sp³-hybridized carbons (Fsp3) is 0.200. The predicted molar refractivity (Wildman–Crippen MR) is 66.1 cm³/mol. The Balaban J connectivity index is 2.03. The molecular weight excluding hydrogens is 273 g/mol. The number of nitrogens with two attached hydrogens (primary N) is 1. The lowest BCUT2D eigenvalue weighted by Crippen LogP contribution is -2.26. The first kappa shape index (κ1) is 13.4. The molecule has 0 fully saturated rings. The molecule has 7 nitrogen and oxygen atoms in total. The van der Waals surface area contributed by atoms with Gasteiger partial charge in [0.25, 0.3) is 0 Å². The number of sulfonamides is 1. The molecule has 1 aromatic carbocycles. The monoisotopic (exact) mass is 285 g/mol. The smallest absolute Gasteiger partial charge is 0.240 e. The molecule has 2 aromatic rings. The van der Waals surface area contributed by atoms with Crippen LogP contribution in [0.15, 0.2) is 29.4 Å². The Hall–Kier alpha value is -2.00. The van der Waals surface area contributed by atoms with Gasteiger partial charge in [0.15, 0.2) is 0 Å². The Morgan fingerprint density at radius 3 is 2.84 bits per heavy atom. The van der Waals surface area contributed by atoms with Crippen LogP contribution in [0.1, 0.15) is 5.82 Å². The summed E-state index contributed by atoms with van der Waals surface area (Å²) in [6, 6.07) is 3.33. The third-order valence-corrected chi connectivity index (χ3v) is 3.86. The minimum absolute atomic E-state index is 0.0967. The average molecular weight is 285 g/mol. The summed E-state index contributed by atoms with van der Waals surface area (Å²) in [6.07, 6.45) is 1.69. The van der Waals surface area contributed by atoms with E-state index in [-0.39, 0.29) is 17.1 Å². The third kappa shape index (κ3) is 3.26. The highest BCUT2D eigenvalue weighted by atomic mass is 32.2. The van der Waals surface area contributed by atoms with Gasteiger partial charge in [0.2, 0.25) is 10.0 Å². The van der Waals surface area contributed by atoms with E-state index in [4.69, 9.17) is 5.73 Å². The number of nitrogen functional groups attached to an aromatic ring is 1. The van der Waals surface area contributed by atoms with Crippen LogP contribution in [0, 0.1) is 5.82 Å². The summed E-state index contributed by atoms with van der Waals surface area (Å²) in [4.78, 5) is 3.69. The van der Waals surface area contributed by atoms with Gasteiger partial charge in [-0.1, -0.05) is 0 Å². The third-order valence-electron chi connectivity index (χ3n) is 2.40. The molecule has 0 bridgehead atoms. The number of hydrogen-bond donors (Lipinski definition) is 3. The van der Waals surface area contributed by atoms with Gasteiger partial charge >= 0.3 is 0 Å². The number of aromatic nitrogens is 3. The van der Waals surface area contributed by atoms with E-state index in [1.54, 1.807) is 0 Å². The number of nitrogens with zero attached hydrogens (tertiary/aromatic N) is 2. The van der Waals surface area contributed by atoms with Crippen molar-refractivity contribution in [1.82, 2.24) is 19.9 Å². The number of aromatic amines is 1. The second-order valence-electron chi connectivity index (χ2n) is 3.76. The first-order valence-electron chi connectivity index (χ1n) is 5.38. The molecule has 0 aliphatic carbocycles. The number of anilines is 1. The summed E-state index contributed by atoms with van der Waals surface area (Å²) in [5.74, 6) is -0.204. The zero-order chi connectivity index (χ0) is 13.9. The van der Waals surface area contributed by atoms with Crippen molar-refractivity contribution in [3.05, 3.63) is 36.2 Å². The Labute approximate surface area is 109 Å². The molecule has 1 aromatic heterocycles. The number of hydrogen-bond acceptors (Lipinski definition) is 5. The van der Waals surface area contributed by atoms with E-state index < -0.39 is 15.8 Å². The molecule has 19 heavy (non-hydrogen) atoms. The SMILES string of the molecule is Nc1ccc(S(=O)(=O)NCCc2ncn[nH]2)cc1F. The fourth-order valence-electron chi connectivity index (χ4n) is 1.41. The Kier molecular flexibility index (Phi) is 3.76. The lowest BCUT2D eigenvalue weighted by atomic mass is 10.3. The summed E-state index contributed by atoms with van der Waals surface area (Å²) in [5.41, 5.74) is 5.19. The topological polar surface area (TPSA) is 114 Å². The Bertz CT molecular complexity index is 657. The van der Waals surface area contributed by atoms with Crippen LogP contribution in [-0.4, -0.2) is 30.1 Å². The van der Waals surface area contributed by atoms with Crippen molar-refractivity contribution in [2.24, 2.45) is 0 Å². The first-order valence-corrected chi connectivity index (χ1v) is 6.86. The number of halogens is 1. The summed E-state index contributed by atoms with van der Waals surface area (Å²) >= 11 is 0. The number of rotatable bonds is 5. The lowest BCUT2D eigenvalue weighted by Gasteiger charge is -2.06. The van der Waals surface area contributed by atoms with Crippen molar-refractivity contribution in [3.63, 3.8) is 0 Å². The molecular formula is C10H12FN5O2S. The molecule has 0 saturated heterocycles. The van der Waals surface area contributed by atoms with E-state index in [0.29, 0.717) is 12.2 Å². The van der Waals surface area contributed by atoms with Gasteiger partial charge in [0.05, 0.1) is 10.6 Å². The normalized spacial score (nSPS) is 11.6. The van der Waals surface area contributed by atoms with Crippen LogP contribution in [0.25, 0.3) is 0 Å². The van der Waals surface area contributed by atoms with Gasteiger partial charge < -0.3 is 5.73 Å². The maximum atomic E-state index is 13.2. The zero-order valence-electron chi connectivity index (χ0n) is 9.80. The lowest BCUT2D eigenvalue weighted by molar-refractivity contribution is 0.577. The predicted octanol–water partition coefficient (Wildman–Crippen LogP) is 0.0470. The maximum absolute atomic E-state index is 13.2. The van der Waals surface area contributed by atoms with Crippen LogP contribution in [0.4, 0.5) is 10.1 Å². The number of benzene rings is 1. The zero-order valence-corrected chi connectivity index (χ0v) is 10.6. The first-order chi connectivity index (χ1) is 8.99. The van der Waals surface area contributed by atoms with Crippen molar-refractivity contribution in [3.8, 4) is 0 Å². The van der Waals surface area contributed by atoms with E-state index in [2.05, 4.69) is 19.9 Å². The maximum Gasteiger partial charge on any atom is 0.240 e. The van der Waals surface area contributed by atoms with E-state index in [0.717, 1.165) is 6.07 Å². The van der Waals surface area contributed by atoms with Crippen molar-refractivity contribution in [1.29, 1.82) is 0 Å². The fourth-order valence-corrected chi connectivity index (χ4v) is 2.46. The Morgan fingerprint density at radius 1 is 1.42 bits per heavy atom. The van der Waals surface area contributed by atoms with Gasteiger partial charge in [-0.3, -0.25) is 5.10 Å². The molecule has 0 amide bonds. The Morgan fingerprint density at radius 2 is 2.21 bits per heavy atom. The molecule has 0 aliphatic heterocycles. The molecule has 0 atom stereocenters. The van der Waals surface area contributed by atoms with Crippen molar-refractivity contribution in [2.75, 3.05) is 12.3 Å². The van der Waals surface area contributed by atoms with Gasteiger partial charge in [-0.2, -0.15) is 5.10 Å². The highest BCUT2D eigenvalue weighted by Gasteiger charge is 2.15. The van der Waals surface area contributed by atoms with Gasteiger partial charge in [0.1, 0.15) is 18.0 Å². The molecule has 0 radical (unpaired) electrons. The molecule has 1 heterocycles. The van der Waals surface area contributed by atoms with Gasteiger partial charge in [-0.15, -0.1) is 0 Å². The second kappa shape index (κ2) is 5.33. The second-order valence-corrected chi connectivity index (χ2v) is 5.53. The molecule has 2 rings (SSSR count). The van der Waals surface area contributed by atoms with Crippen LogP contribution in [0.2, 0.25) is 0 Å².